The SMILES string of the molecule is COc1ccc(C)cc1NS(=O)(=O)c1ccc(Cl)c([N+](=O)[O-])c1. The van der Waals surface area contributed by atoms with Gasteiger partial charge in [-0.15, -0.1) is 0 Å². The summed E-state index contributed by atoms with van der Waals surface area (Å²) in [7, 11) is -2.62. The highest BCUT2D eigenvalue weighted by Gasteiger charge is 2.21. The van der Waals surface area contributed by atoms with Crippen molar-refractivity contribution >= 4 is 33.0 Å². The number of halogens is 1. The lowest BCUT2D eigenvalue weighted by Crippen LogP contribution is -2.14. The van der Waals surface area contributed by atoms with Crippen LogP contribution in [0, 0.1) is 17.0 Å². The molecule has 0 spiro atoms. The summed E-state index contributed by atoms with van der Waals surface area (Å²) in [4.78, 5) is 9.88. The molecular formula is C14H13ClN2O5S. The molecule has 2 aromatic rings. The summed E-state index contributed by atoms with van der Waals surface area (Å²) in [6.07, 6.45) is 0. The van der Waals surface area contributed by atoms with Crippen LogP contribution in [0.15, 0.2) is 41.3 Å². The predicted molar refractivity (Wildman–Crippen MR) is 86.6 cm³/mol. The molecule has 122 valence electrons. The smallest absolute Gasteiger partial charge is 0.289 e. The molecule has 0 aliphatic rings. The first kappa shape index (κ1) is 17.0. The maximum absolute atomic E-state index is 12.4. The Bertz CT molecular complexity index is 867. The van der Waals surface area contributed by atoms with E-state index in [1.807, 2.05) is 0 Å². The second-order valence-corrected chi connectivity index (χ2v) is 6.77. The zero-order valence-electron chi connectivity index (χ0n) is 12.2. The summed E-state index contributed by atoms with van der Waals surface area (Å²) >= 11 is 5.69. The van der Waals surface area contributed by atoms with E-state index in [2.05, 4.69) is 4.72 Å². The van der Waals surface area contributed by atoms with Crippen LogP contribution in [0.4, 0.5) is 11.4 Å². The van der Waals surface area contributed by atoms with E-state index >= 15 is 0 Å². The fourth-order valence-electron chi connectivity index (χ4n) is 1.90. The molecule has 0 saturated heterocycles. The van der Waals surface area contributed by atoms with E-state index in [4.69, 9.17) is 16.3 Å². The van der Waals surface area contributed by atoms with Gasteiger partial charge in [-0.1, -0.05) is 17.7 Å². The van der Waals surface area contributed by atoms with E-state index in [0.717, 1.165) is 11.6 Å². The zero-order valence-corrected chi connectivity index (χ0v) is 13.8. The molecule has 23 heavy (non-hydrogen) atoms. The number of benzene rings is 2. The molecule has 0 unspecified atom stereocenters. The molecule has 0 radical (unpaired) electrons. The maximum Gasteiger partial charge on any atom is 0.289 e. The molecule has 0 fully saturated rings. The number of rotatable bonds is 5. The first-order valence-electron chi connectivity index (χ1n) is 6.36. The number of hydrogen-bond donors (Lipinski definition) is 1. The Morgan fingerprint density at radius 3 is 2.52 bits per heavy atom. The highest BCUT2D eigenvalue weighted by molar-refractivity contribution is 7.92. The Morgan fingerprint density at radius 1 is 1.22 bits per heavy atom. The number of nitrogens with one attached hydrogen (secondary N) is 1. The van der Waals surface area contributed by atoms with E-state index in [1.54, 1.807) is 25.1 Å². The van der Waals surface area contributed by atoms with E-state index in [-0.39, 0.29) is 15.6 Å². The molecule has 1 N–H and O–H groups in total. The van der Waals surface area contributed by atoms with Crippen LogP contribution in [-0.2, 0) is 10.0 Å². The molecule has 9 heteroatoms. The molecule has 0 aliphatic carbocycles. The number of nitrogens with zero attached hydrogens (tertiary/aromatic N) is 1. The summed E-state index contributed by atoms with van der Waals surface area (Å²) < 4.78 is 32.3. The van der Waals surface area contributed by atoms with Crippen LogP contribution in [-0.4, -0.2) is 20.5 Å². The largest absolute Gasteiger partial charge is 0.495 e. The molecule has 0 aromatic heterocycles. The van der Waals surface area contributed by atoms with Gasteiger partial charge in [0.15, 0.2) is 0 Å². The fraction of sp³-hybridized carbons (Fsp3) is 0.143. The number of ether oxygens (including phenoxy) is 1. The third-order valence-corrected chi connectivity index (χ3v) is 4.71. The van der Waals surface area contributed by atoms with Crippen molar-refractivity contribution in [2.24, 2.45) is 0 Å². The Morgan fingerprint density at radius 2 is 1.91 bits per heavy atom. The maximum atomic E-state index is 12.4. The molecule has 2 aromatic carbocycles. The number of nitro groups is 1. The summed E-state index contributed by atoms with van der Waals surface area (Å²) in [5, 5.41) is 10.8. The first-order valence-corrected chi connectivity index (χ1v) is 8.22. The minimum atomic E-state index is -4.03. The molecule has 0 saturated carbocycles. The minimum Gasteiger partial charge on any atom is -0.495 e. The van der Waals surface area contributed by atoms with Crippen LogP contribution < -0.4 is 9.46 Å². The summed E-state index contributed by atoms with van der Waals surface area (Å²) in [6.45, 7) is 1.80. The van der Waals surface area contributed by atoms with Crippen LogP contribution in [0.1, 0.15) is 5.56 Å². The highest BCUT2D eigenvalue weighted by Crippen LogP contribution is 2.30. The second-order valence-electron chi connectivity index (χ2n) is 4.68. The third kappa shape index (κ3) is 3.72. The molecule has 7 nitrogen and oxygen atoms in total. The van der Waals surface area contributed by atoms with Crippen LogP contribution in [0.3, 0.4) is 0 Å². The van der Waals surface area contributed by atoms with Crippen molar-refractivity contribution in [2.45, 2.75) is 11.8 Å². The van der Waals surface area contributed by atoms with Crippen LogP contribution in [0.5, 0.6) is 5.75 Å². The Hall–Kier alpha value is -2.32. The number of sulfonamides is 1. The van der Waals surface area contributed by atoms with Crippen LogP contribution in [0.2, 0.25) is 5.02 Å². The van der Waals surface area contributed by atoms with Crippen molar-refractivity contribution in [2.75, 3.05) is 11.8 Å². The van der Waals surface area contributed by atoms with Gasteiger partial charge in [0.05, 0.1) is 22.6 Å². The number of hydrogen-bond acceptors (Lipinski definition) is 5. The average molecular weight is 357 g/mol. The molecule has 0 bridgehead atoms. The summed E-state index contributed by atoms with van der Waals surface area (Å²) in [5.41, 5.74) is 0.585. The number of anilines is 1. The molecule has 0 amide bonds. The van der Waals surface area contributed by atoms with Gasteiger partial charge in [0.2, 0.25) is 0 Å². The average Bonchev–Trinajstić information content (AvgIpc) is 2.47. The molecule has 0 atom stereocenters. The van der Waals surface area contributed by atoms with Crippen molar-refractivity contribution in [3.8, 4) is 5.75 Å². The quantitative estimate of drug-likeness (QED) is 0.654. The normalized spacial score (nSPS) is 11.1. The Labute approximate surface area is 138 Å². The molecular weight excluding hydrogens is 344 g/mol. The lowest BCUT2D eigenvalue weighted by molar-refractivity contribution is -0.384. The van der Waals surface area contributed by atoms with Crippen molar-refractivity contribution in [1.82, 2.24) is 0 Å². The van der Waals surface area contributed by atoms with E-state index in [0.29, 0.717) is 5.75 Å². The van der Waals surface area contributed by atoms with Crippen molar-refractivity contribution in [1.29, 1.82) is 0 Å². The van der Waals surface area contributed by atoms with E-state index < -0.39 is 20.6 Å². The van der Waals surface area contributed by atoms with E-state index in [9.17, 15) is 18.5 Å². The van der Waals surface area contributed by atoms with Crippen molar-refractivity contribution in [3.05, 3.63) is 57.1 Å². The molecule has 0 aliphatic heterocycles. The standard InChI is InChI=1S/C14H13ClN2O5S/c1-9-3-6-14(22-2)12(7-9)16-23(20,21)10-4-5-11(15)13(8-10)17(18)19/h3-8,16H,1-2H3. The van der Waals surface area contributed by atoms with Crippen LogP contribution >= 0.6 is 11.6 Å². The van der Waals surface area contributed by atoms with Gasteiger partial charge in [-0.25, -0.2) is 8.42 Å². The summed E-state index contributed by atoms with van der Waals surface area (Å²) in [6, 6.07) is 8.26. The Kier molecular flexibility index (Phi) is 4.76. The van der Waals surface area contributed by atoms with Crippen molar-refractivity contribution < 1.29 is 18.1 Å². The zero-order chi connectivity index (χ0) is 17.2. The van der Waals surface area contributed by atoms with Gasteiger partial charge in [0, 0.05) is 6.07 Å². The highest BCUT2D eigenvalue weighted by atomic mass is 35.5. The lowest BCUT2D eigenvalue weighted by atomic mass is 10.2. The number of nitro benzene ring substituents is 1. The van der Waals surface area contributed by atoms with E-state index in [1.165, 1.54) is 19.2 Å². The minimum absolute atomic E-state index is 0.137. The van der Waals surface area contributed by atoms with Gasteiger partial charge >= 0.3 is 0 Å². The van der Waals surface area contributed by atoms with Gasteiger partial charge < -0.3 is 4.74 Å². The first-order chi connectivity index (χ1) is 10.7. The molecule has 2 rings (SSSR count). The fourth-order valence-corrected chi connectivity index (χ4v) is 3.17. The second kappa shape index (κ2) is 6.43. The Balaban J connectivity index is 2.46. The number of aryl methyl sites for hydroxylation is 1. The summed E-state index contributed by atoms with van der Waals surface area (Å²) in [5.74, 6) is 0.336. The van der Waals surface area contributed by atoms with Gasteiger partial charge in [0.25, 0.3) is 15.7 Å². The van der Waals surface area contributed by atoms with Crippen LogP contribution in [0.25, 0.3) is 0 Å². The van der Waals surface area contributed by atoms with Gasteiger partial charge in [0.1, 0.15) is 10.8 Å². The van der Waals surface area contributed by atoms with Crippen molar-refractivity contribution in [3.63, 3.8) is 0 Å². The van der Waals surface area contributed by atoms with Gasteiger partial charge in [-0.05, 0) is 36.8 Å². The lowest BCUT2D eigenvalue weighted by Gasteiger charge is -2.12. The topological polar surface area (TPSA) is 98.5 Å². The van der Waals surface area contributed by atoms with Gasteiger partial charge in [-0.3, -0.25) is 14.8 Å². The molecule has 0 heterocycles. The monoisotopic (exact) mass is 356 g/mol. The number of methoxy groups -OCH3 is 1. The predicted octanol–water partition coefficient (Wildman–Crippen LogP) is 3.37. The third-order valence-electron chi connectivity index (χ3n) is 3.02. The van der Waals surface area contributed by atoms with Gasteiger partial charge in [-0.2, -0.15) is 0 Å².